The fourth-order valence-electron chi connectivity index (χ4n) is 5.54. The van der Waals surface area contributed by atoms with Crippen LogP contribution in [-0.4, -0.2) is 53.3 Å². The van der Waals surface area contributed by atoms with E-state index in [0.29, 0.717) is 12.1 Å². The SMILES string of the molecule is CN(Cc1ccccc1)C(=O)[C@@H](NC(=O)N[C@@H]1CCCC[C@H]1N=Cc1cc(C(C)(C)C)cc(C(C)(C)C)c1O)C(C)(C)C. The Labute approximate surface area is 259 Å². The highest BCUT2D eigenvalue weighted by Crippen LogP contribution is 2.37. The Balaban J connectivity index is 1.78. The molecule has 1 saturated carbocycles. The molecule has 1 aliphatic carbocycles. The molecule has 0 heterocycles. The third-order valence-corrected chi connectivity index (χ3v) is 8.29. The number of carbonyl (C=O) groups is 2. The van der Waals surface area contributed by atoms with Crippen molar-refractivity contribution < 1.29 is 14.7 Å². The normalized spacial score (nSPS) is 18.7. The molecule has 7 heteroatoms. The van der Waals surface area contributed by atoms with Gasteiger partial charge in [0.1, 0.15) is 11.8 Å². The van der Waals surface area contributed by atoms with Crippen LogP contribution >= 0.6 is 0 Å². The van der Waals surface area contributed by atoms with E-state index in [1.165, 1.54) is 0 Å². The van der Waals surface area contributed by atoms with Crippen LogP contribution in [0.2, 0.25) is 0 Å². The number of benzene rings is 2. The summed E-state index contributed by atoms with van der Waals surface area (Å²) >= 11 is 0. The largest absolute Gasteiger partial charge is 0.507 e. The molecule has 0 spiro atoms. The summed E-state index contributed by atoms with van der Waals surface area (Å²) in [5.74, 6) is 0.127. The van der Waals surface area contributed by atoms with E-state index in [4.69, 9.17) is 4.99 Å². The van der Waals surface area contributed by atoms with Crippen LogP contribution in [0.15, 0.2) is 47.5 Å². The van der Waals surface area contributed by atoms with Crippen LogP contribution in [0.4, 0.5) is 4.79 Å². The van der Waals surface area contributed by atoms with Crippen molar-refractivity contribution in [1.82, 2.24) is 15.5 Å². The van der Waals surface area contributed by atoms with E-state index in [1.54, 1.807) is 18.2 Å². The summed E-state index contributed by atoms with van der Waals surface area (Å²) < 4.78 is 0. The number of hydrogen-bond acceptors (Lipinski definition) is 4. The zero-order valence-electron chi connectivity index (χ0n) is 28.0. The molecule has 2 aromatic rings. The van der Waals surface area contributed by atoms with E-state index >= 15 is 0 Å². The highest BCUT2D eigenvalue weighted by molar-refractivity contribution is 5.88. The molecule has 0 aliphatic heterocycles. The van der Waals surface area contributed by atoms with Gasteiger partial charge in [0, 0.05) is 30.9 Å². The summed E-state index contributed by atoms with van der Waals surface area (Å²) in [7, 11) is 1.77. The van der Waals surface area contributed by atoms with Crippen molar-refractivity contribution in [3.8, 4) is 5.75 Å². The Morgan fingerprint density at radius 2 is 1.60 bits per heavy atom. The zero-order chi connectivity index (χ0) is 32.2. The molecule has 0 radical (unpaired) electrons. The molecule has 2 aromatic carbocycles. The highest BCUT2D eigenvalue weighted by atomic mass is 16.3. The van der Waals surface area contributed by atoms with Crippen molar-refractivity contribution in [3.05, 3.63) is 64.7 Å². The number of urea groups is 1. The molecule has 3 amide bonds. The summed E-state index contributed by atoms with van der Waals surface area (Å²) in [6.45, 7) is 19.2. The van der Waals surface area contributed by atoms with Gasteiger partial charge in [-0.15, -0.1) is 0 Å². The smallest absolute Gasteiger partial charge is 0.315 e. The molecule has 1 aliphatic rings. The topological polar surface area (TPSA) is 94.0 Å². The Morgan fingerprint density at radius 3 is 2.19 bits per heavy atom. The predicted molar refractivity (Wildman–Crippen MR) is 177 cm³/mol. The second-order valence-electron chi connectivity index (χ2n) is 15.3. The summed E-state index contributed by atoms with van der Waals surface area (Å²) in [4.78, 5) is 33.5. The third-order valence-electron chi connectivity index (χ3n) is 8.29. The number of aromatic hydroxyl groups is 1. The van der Waals surface area contributed by atoms with Gasteiger partial charge < -0.3 is 20.6 Å². The molecule has 0 aromatic heterocycles. The molecule has 3 N–H and O–H groups in total. The first kappa shape index (κ1) is 34.1. The highest BCUT2D eigenvalue weighted by Gasteiger charge is 2.36. The Kier molecular flexibility index (Phi) is 10.7. The van der Waals surface area contributed by atoms with Gasteiger partial charge in [-0.05, 0) is 46.3 Å². The standard InChI is InChI=1S/C36H54N4O3/c1-34(2,3)26-20-25(30(41)27(21-26)35(4,5)6)22-37-28-18-14-15-19-29(28)38-33(43)39-31(36(7,8)9)32(42)40(10)23-24-16-12-11-13-17-24/h11-13,16-17,20-22,28-29,31,41H,14-15,18-19,23H2,1-10H3,(H2,38,39,43)/t28-,29-,31-/m1/s1. The van der Waals surface area contributed by atoms with Crippen LogP contribution in [0.25, 0.3) is 0 Å². The molecule has 3 atom stereocenters. The van der Waals surface area contributed by atoms with Gasteiger partial charge in [0.15, 0.2) is 0 Å². The lowest BCUT2D eigenvalue weighted by Crippen LogP contribution is -2.58. The van der Waals surface area contributed by atoms with Gasteiger partial charge >= 0.3 is 6.03 Å². The van der Waals surface area contributed by atoms with Crippen LogP contribution in [-0.2, 0) is 22.2 Å². The van der Waals surface area contributed by atoms with E-state index in [-0.39, 0.29) is 40.6 Å². The molecule has 236 valence electrons. The molecule has 43 heavy (non-hydrogen) atoms. The first-order valence-electron chi connectivity index (χ1n) is 15.6. The van der Waals surface area contributed by atoms with Crippen LogP contribution in [0.5, 0.6) is 5.75 Å². The Hall–Kier alpha value is -3.35. The average Bonchev–Trinajstić information content (AvgIpc) is 2.90. The van der Waals surface area contributed by atoms with Crippen LogP contribution in [0, 0.1) is 5.41 Å². The monoisotopic (exact) mass is 590 g/mol. The number of phenols is 1. The molecular weight excluding hydrogens is 536 g/mol. The molecule has 3 rings (SSSR count). The number of aliphatic imine (C=N–C) groups is 1. The van der Waals surface area contributed by atoms with Crippen molar-refractivity contribution in [2.75, 3.05) is 7.05 Å². The van der Waals surface area contributed by atoms with E-state index in [2.05, 4.69) is 58.2 Å². The molecular formula is C36H54N4O3. The first-order valence-corrected chi connectivity index (χ1v) is 15.6. The van der Waals surface area contributed by atoms with E-state index in [1.807, 2.05) is 57.2 Å². The number of carbonyl (C=O) groups excluding carboxylic acids is 2. The lowest BCUT2D eigenvalue weighted by atomic mass is 9.79. The number of hydrogen-bond donors (Lipinski definition) is 3. The van der Waals surface area contributed by atoms with E-state index in [9.17, 15) is 14.7 Å². The second kappa shape index (κ2) is 13.5. The summed E-state index contributed by atoms with van der Waals surface area (Å²) in [6, 6.07) is 12.6. The first-order chi connectivity index (χ1) is 19.9. The van der Waals surface area contributed by atoms with Crippen LogP contribution in [0.1, 0.15) is 110 Å². The lowest BCUT2D eigenvalue weighted by molar-refractivity contribution is -0.135. The fourth-order valence-corrected chi connectivity index (χ4v) is 5.54. The summed E-state index contributed by atoms with van der Waals surface area (Å²) in [5.41, 5.74) is 2.98. The average molecular weight is 591 g/mol. The van der Waals surface area contributed by atoms with Gasteiger partial charge in [-0.25, -0.2) is 4.79 Å². The van der Waals surface area contributed by atoms with Gasteiger partial charge in [0.2, 0.25) is 5.91 Å². The summed E-state index contributed by atoms with van der Waals surface area (Å²) in [6.07, 6.45) is 5.45. The maximum absolute atomic E-state index is 13.5. The third kappa shape index (κ3) is 9.32. The van der Waals surface area contributed by atoms with Crippen LogP contribution in [0.3, 0.4) is 0 Å². The van der Waals surface area contributed by atoms with E-state index < -0.39 is 11.5 Å². The van der Waals surface area contributed by atoms with Gasteiger partial charge in [0.05, 0.1) is 12.1 Å². The quantitative estimate of drug-likeness (QED) is 0.301. The number of nitrogens with one attached hydrogen (secondary N) is 2. The maximum atomic E-state index is 13.5. The minimum Gasteiger partial charge on any atom is -0.507 e. The number of phenolic OH excluding ortho intramolecular Hbond substituents is 1. The molecule has 0 unspecified atom stereocenters. The predicted octanol–water partition coefficient (Wildman–Crippen LogP) is 7.09. The molecule has 7 nitrogen and oxygen atoms in total. The van der Waals surface area contributed by atoms with Crippen molar-refractivity contribution in [2.45, 2.75) is 123 Å². The summed E-state index contributed by atoms with van der Waals surface area (Å²) in [5, 5.41) is 17.3. The Bertz CT molecular complexity index is 1280. The number of rotatable bonds is 7. The van der Waals surface area contributed by atoms with Gasteiger partial charge in [0.25, 0.3) is 0 Å². The maximum Gasteiger partial charge on any atom is 0.315 e. The van der Waals surface area contributed by atoms with Gasteiger partial charge in [-0.3, -0.25) is 9.79 Å². The van der Waals surface area contributed by atoms with Gasteiger partial charge in [-0.2, -0.15) is 0 Å². The number of nitrogens with zero attached hydrogens (tertiary/aromatic N) is 2. The molecule has 1 fully saturated rings. The molecule has 0 bridgehead atoms. The number of likely N-dealkylation sites (N-methyl/N-ethyl adjacent to an activating group) is 1. The second-order valence-corrected chi connectivity index (χ2v) is 15.3. The minimum absolute atomic E-state index is 0.0838. The molecule has 0 saturated heterocycles. The Morgan fingerprint density at radius 1 is 0.977 bits per heavy atom. The van der Waals surface area contributed by atoms with E-state index in [0.717, 1.165) is 42.4 Å². The van der Waals surface area contributed by atoms with Crippen molar-refractivity contribution in [3.63, 3.8) is 0 Å². The van der Waals surface area contributed by atoms with Gasteiger partial charge in [-0.1, -0.05) is 112 Å². The fraction of sp³-hybridized carbons (Fsp3) is 0.583. The number of amides is 3. The van der Waals surface area contributed by atoms with Crippen molar-refractivity contribution >= 4 is 18.2 Å². The lowest BCUT2D eigenvalue weighted by Gasteiger charge is -2.35. The zero-order valence-corrected chi connectivity index (χ0v) is 28.0. The van der Waals surface area contributed by atoms with Crippen molar-refractivity contribution in [1.29, 1.82) is 0 Å². The van der Waals surface area contributed by atoms with Crippen LogP contribution < -0.4 is 10.6 Å². The minimum atomic E-state index is -0.695. The van der Waals surface area contributed by atoms with Crippen molar-refractivity contribution in [2.24, 2.45) is 10.4 Å².